The van der Waals surface area contributed by atoms with Gasteiger partial charge in [0.25, 0.3) is 0 Å². The first kappa shape index (κ1) is 22.3. The predicted molar refractivity (Wildman–Crippen MR) is 118 cm³/mol. The lowest BCUT2D eigenvalue weighted by Gasteiger charge is -2.34. The maximum atomic E-state index is 6.18. The van der Waals surface area contributed by atoms with Crippen molar-refractivity contribution in [2.24, 2.45) is 0 Å². The van der Waals surface area contributed by atoms with Gasteiger partial charge in [0, 0.05) is 37.6 Å². The van der Waals surface area contributed by atoms with Gasteiger partial charge in [-0.05, 0) is 31.7 Å². The molecular formula is C23H33N5O2. The number of nitrogens with one attached hydrogen (secondary N) is 1. The normalized spacial score (nSPS) is 13.9. The monoisotopic (exact) mass is 411 g/mol. The maximum absolute atomic E-state index is 6.18. The lowest BCUT2D eigenvalue weighted by Crippen LogP contribution is -2.38. The van der Waals surface area contributed by atoms with E-state index in [1.165, 1.54) is 0 Å². The number of methoxy groups -OCH3 is 2. The van der Waals surface area contributed by atoms with Gasteiger partial charge in [-0.1, -0.05) is 33.8 Å². The Hall–Kier alpha value is -2.38. The van der Waals surface area contributed by atoms with E-state index < -0.39 is 5.60 Å². The molecule has 3 heterocycles. The van der Waals surface area contributed by atoms with Crippen LogP contribution in [0, 0.1) is 6.92 Å². The van der Waals surface area contributed by atoms with E-state index in [4.69, 9.17) is 24.4 Å². The minimum atomic E-state index is -0.702. The molecule has 0 aliphatic rings. The third-order valence-corrected chi connectivity index (χ3v) is 5.69. The minimum Gasteiger partial charge on any atom is -0.381 e. The van der Waals surface area contributed by atoms with Crippen LogP contribution in [0.1, 0.15) is 67.6 Å². The number of aryl methyl sites for hydroxylation is 3. The molecule has 0 aliphatic heterocycles. The molecule has 3 rings (SSSR count). The Morgan fingerprint density at radius 3 is 2.33 bits per heavy atom. The third-order valence-electron chi connectivity index (χ3n) is 5.69. The quantitative estimate of drug-likeness (QED) is 0.572. The van der Waals surface area contributed by atoms with Crippen LogP contribution in [0.4, 0.5) is 0 Å². The van der Waals surface area contributed by atoms with Crippen LogP contribution in [0.3, 0.4) is 0 Å². The van der Waals surface area contributed by atoms with Gasteiger partial charge in [-0.2, -0.15) is 5.10 Å². The van der Waals surface area contributed by atoms with Gasteiger partial charge in [-0.3, -0.25) is 10.1 Å². The average Bonchev–Trinajstić information content (AvgIpc) is 3.11. The molecule has 3 aromatic heterocycles. The smallest absolute Gasteiger partial charge is 0.200 e. The van der Waals surface area contributed by atoms with Gasteiger partial charge in [-0.15, -0.1) is 0 Å². The Kier molecular flexibility index (Phi) is 6.83. The molecule has 162 valence electrons. The molecule has 0 fully saturated rings. The summed E-state index contributed by atoms with van der Waals surface area (Å²) in [5.74, 6) is 0.368. The number of hydrogen-bond acceptors (Lipinski definition) is 6. The van der Waals surface area contributed by atoms with E-state index in [1.807, 2.05) is 6.92 Å². The zero-order valence-corrected chi connectivity index (χ0v) is 19.2. The zero-order chi connectivity index (χ0) is 21.9. The topological polar surface area (TPSA) is 85.8 Å². The van der Waals surface area contributed by atoms with Crippen molar-refractivity contribution < 1.29 is 9.47 Å². The second-order valence-electron chi connectivity index (χ2n) is 8.04. The molecule has 0 aliphatic carbocycles. The van der Waals surface area contributed by atoms with E-state index >= 15 is 0 Å². The fraction of sp³-hybridized carbons (Fsp3) is 0.565. The fourth-order valence-electron chi connectivity index (χ4n) is 3.93. The van der Waals surface area contributed by atoms with Gasteiger partial charge in [0.15, 0.2) is 5.65 Å². The highest BCUT2D eigenvalue weighted by Gasteiger charge is 2.37. The third kappa shape index (κ3) is 4.09. The summed E-state index contributed by atoms with van der Waals surface area (Å²) in [6.45, 7) is 10.9. The summed E-state index contributed by atoms with van der Waals surface area (Å²) in [5, 5.41) is 7.25. The number of nitrogens with zero attached hydrogens (tertiary/aromatic N) is 4. The number of H-pyrrole nitrogens is 1. The first-order valence-corrected chi connectivity index (χ1v) is 10.6. The Bertz CT molecular complexity index is 1010. The molecule has 1 N–H and O–H groups in total. The van der Waals surface area contributed by atoms with E-state index in [-0.39, 0.29) is 0 Å². The molecule has 7 nitrogen and oxygen atoms in total. The van der Waals surface area contributed by atoms with Crippen molar-refractivity contribution in [2.45, 2.75) is 65.4 Å². The lowest BCUT2D eigenvalue weighted by atomic mass is 9.86. The van der Waals surface area contributed by atoms with E-state index in [0.29, 0.717) is 24.6 Å². The van der Waals surface area contributed by atoms with Crippen molar-refractivity contribution in [3.05, 3.63) is 46.2 Å². The number of rotatable bonds is 9. The van der Waals surface area contributed by atoms with E-state index in [1.54, 1.807) is 14.2 Å². The number of pyridine rings is 1. The summed E-state index contributed by atoms with van der Waals surface area (Å²) in [4.78, 5) is 14.6. The van der Waals surface area contributed by atoms with Crippen LogP contribution >= 0.6 is 0 Å². The molecule has 1 unspecified atom stereocenters. The van der Waals surface area contributed by atoms with E-state index in [0.717, 1.165) is 52.4 Å². The molecule has 0 spiro atoms. The SMILES string of the molecule is CCc1nc(C(C)C)ccc1C(COC)(Cc1nc2c(C)[nH]nc2nc1CC)OC. The molecule has 7 heteroatoms. The number of hydrogen-bond donors (Lipinski definition) is 1. The van der Waals surface area contributed by atoms with Crippen LogP contribution < -0.4 is 0 Å². The molecule has 0 bridgehead atoms. The number of aromatic nitrogens is 5. The van der Waals surface area contributed by atoms with Crippen molar-refractivity contribution in [2.75, 3.05) is 20.8 Å². The lowest BCUT2D eigenvalue weighted by molar-refractivity contribution is -0.0706. The first-order chi connectivity index (χ1) is 14.4. The average molecular weight is 412 g/mol. The van der Waals surface area contributed by atoms with Crippen LogP contribution in [-0.4, -0.2) is 46.0 Å². The molecule has 0 saturated heterocycles. The summed E-state index contributed by atoms with van der Waals surface area (Å²) < 4.78 is 11.8. The van der Waals surface area contributed by atoms with E-state index in [2.05, 4.69) is 50.0 Å². The van der Waals surface area contributed by atoms with Crippen molar-refractivity contribution in [3.63, 3.8) is 0 Å². The summed E-state index contributed by atoms with van der Waals surface area (Å²) >= 11 is 0. The second kappa shape index (κ2) is 9.18. The molecule has 30 heavy (non-hydrogen) atoms. The zero-order valence-electron chi connectivity index (χ0n) is 19.2. The van der Waals surface area contributed by atoms with Gasteiger partial charge in [-0.25, -0.2) is 9.97 Å². The Morgan fingerprint density at radius 2 is 1.73 bits per heavy atom. The fourth-order valence-corrected chi connectivity index (χ4v) is 3.93. The van der Waals surface area contributed by atoms with Crippen molar-refractivity contribution >= 4 is 11.2 Å². The second-order valence-corrected chi connectivity index (χ2v) is 8.04. The summed E-state index contributed by atoms with van der Waals surface area (Å²) in [6, 6.07) is 4.24. The first-order valence-electron chi connectivity index (χ1n) is 10.6. The highest BCUT2D eigenvalue weighted by Crippen LogP contribution is 2.34. The molecule has 0 saturated carbocycles. The Labute approximate surface area is 178 Å². The molecule has 0 amide bonds. The summed E-state index contributed by atoms with van der Waals surface area (Å²) in [5.41, 5.74) is 6.66. The summed E-state index contributed by atoms with van der Waals surface area (Å²) in [6.07, 6.45) is 2.13. The van der Waals surface area contributed by atoms with Crippen LogP contribution in [0.2, 0.25) is 0 Å². The Morgan fingerprint density at radius 1 is 1.00 bits per heavy atom. The largest absolute Gasteiger partial charge is 0.381 e. The molecule has 3 aromatic rings. The molecule has 1 atom stereocenters. The minimum absolute atomic E-state index is 0.368. The van der Waals surface area contributed by atoms with Crippen LogP contribution in [-0.2, 0) is 34.3 Å². The van der Waals surface area contributed by atoms with Crippen molar-refractivity contribution in [1.29, 1.82) is 0 Å². The Balaban J connectivity index is 2.15. The van der Waals surface area contributed by atoms with Crippen LogP contribution in [0.25, 0.3) is 11.2 Å². The number of fused-ring (bicyclic) bond motifs is 1. The van der Waals surface area contributed by atoms with Gasteiger partial charge in [0.05, 0.1) is 23.7 Å². The molecule has 0 aromatic carbocycles. The summed E-state index contributed by atoms with van der Waals surface area (Å²) in [7, 11) is 3.43. The molecule has 0 radical (unpaired) electrons. The van der Waals surface area contributed by atoms with E-state index in [9.17, 15) is 0 Å². The highest BCUT2D eigenvalue weighted by molar-refractivity contribution is 5.72. The van der Waals surface area contributed by atoms with Crippen molar-refractivity contribution in [1.82, 2.24) is 25.1 Å². The molecular weight excluding hydrogens is 378 g/mol. The van der Waals surface area contributed by atoms with Gasteiger partial charge < -0.3 is 9.47 Å². The van der Waals surface area contributed by atoms with Gasteiger partial charge in [0.2, 0.25) is 0 Å². The van der Waals surface area contributed by atoms with Gasteiger partial charge in [0.1, 0.15) is 11.1 Å². The number of aromatic amines is 1. The predicted octanol–water partition coefficient (Wildman–Crippen LogP) is 4.04. The maximum Gasteiger partial charge on any atom is 0.200 e. The number of ether oxygens (including phenoxy) is 2. The van der Waals surface area contributed by atoms with Crippen LogP contribution in [0.15, 0.2) is 12.1 Å². The highest BCUT2D eigenvalue weighted by atomic mass is 16.5. The standard InChI is InChI=1S/C23H33N5O2/c1-8-17-16(10-11-19(24-17)14(3)4)23(30-7,13-29-6)12-20-18(9-2)26-22-21(25-20)15(5)27-28-22/h10-11,14H,8-9,12-13H2,1-7H3,(H,26,27,28). The van der Waals surface area contributed by atoms with Crippen LogP contribution in [0.5, 0.6) is 0 Å². The van der Waals surface area contributed by atoms with Gasteiger partial charge >= 0.3 is 0 Å². The van der Waals surface area contributed by atoms with Crippen molar-refractivity contribution in [3.8, 4) is 0 Å².